The minimum atomic E-state index is -0.405. The molecule has 4 nitrogen and oxygen atoms in total. The Bertz CT molecular complexity index is 356. The van der Waals surface area contributed by atoms with Crippen molar-refractivity contribution in [3.05, 3.63) is 0 Å². The Hall–Kier alpha value is -0.770. The summed E-state index contributed by atoms with van der Waals surface area (Å²) in [5, 5.41) is 3.69. The van der Waals surface area contributed by atoms with Crippen LogP contribution in [0.15, 0.2) is 0 Å². The number of carbonyl (C=O) groups excluding carboxylic acids is 1. The molecule has 0 radical (unpaired) electrons. The van der Waals surface area contributed by atoms with Crippen LogP contribution in [-0.2, 0) is 4.74 Å². The lowest BCUT2D eigenvalue weighted by Crippen LogP contribution is -2.42. The van der Waals surface area contributed by atoms with Crippen LogP contribution in [-0.4, -0.2) is 42.3 Å². The highest BCUT2D eigenvalue weighted by Gasteiger charge is 2.32. The molecule has 4 heteroatoms. The van der Waals surface area contributed by atoms with Gasteiger partial charge in [-0.1, -0.05) is 26.2 Å². The van der Waals surface area contributed by atoms with Crippen LogP contribution in [0, 0.1) is 5.41 Å². The van der Waals surface area contributed by atoms with Crippen LogP contribution >= 0.6 is 0 Å². The molecule has 1 unspecified atom stereocenters. The Morgan fingerprint density at radius 3 is 2.57 bits per heavy atom. The predicted molar refractivity (Wildman–Crippen MR) is 85.4 cm³/mol. The first-order valence-electron chi connectivity index (χ1n) is 8.49. The van der Waals surface area contributed by atoms with E-state index >= 15 is 0 Å². The van der Waals surface area contributed by atoms with Gasteiger partial charge in [0, 0.05) is 25.7 Å². The maximum atomic E-state index is 12.1. The summed E-state index contributed by atoms with van der Waals surface area (Å²) in [5.74, 6) is 0. The molecule has 0 bridgehead atoms. The van der Waals surface area contributed by atoms with E-state index in [-0.39, 0.29) is 6.09 Å². The first-order valence-corrected chi connectivity index (χ1v) is 8.49. The Morgan fingerprint density at radius 1 is 1.29 bits per heavy atom. The SMILES string of the molecule is CC1(CNC2CCN(C(=O)OC(C)(C)C)C2)CCCCC1. The average Bonchev–Trinajstić information content (AvgIpc) is 2.84. The third-order valence-electron chi connectivity index (χ3n) is 4.72. The predicted octanol–water partition coefficient (Wildman–Crippen LogP) is 3.56. The number of hydrogen-bond acceptors (Lipinski definition) is 3. The summed E-state index contributed by atoms with van der Waals surface area (Å²) in [6.07, 6.45) is 7.67. The van der Waals surface area contributed by atoms with E-state index in [0.29, 0.717) is 11.5 Å². The van der Waals surface area contributed by atoms with Crippen LogP contribution in [0.5, 0.6) is 0 Å². The highest BCUT2D eigenvalue weighted by molar-refractivity contribution is 5.68. The molecule has 0 aromatic heterocycles. The van der Waals surface area contributed by atoms with Gasteiger partial charge >= 0.3 is 6.09 Å². The smallest absolute Gasteiger partial charge is 0.410 e. The molecular weight excluding hydrogens is 264 g/mol. The van der Waals surface area contributed by atoms with E-state index < -0.39 is 5.60 Å². The third kappa shape index (κ3) is 5.17. The van der Waals surface area contributed by atoms with E-state index in [1.54, 1.807) is 0 Å². The largest absolute Gasteiger partial charge is 0.444 e. The van der Waals surface area contributed by atoms with Crippen LogP contribution in [0.4, 0.5) is 4.79 Å². The van der Waals surface area contributed by atoms with Gasteiger partial charge in [0.1, 0.15) is 5.60 Å². The molecule has 21 heavy (non-hydrogen) atoms. The molecule has 1 saturated heterocycles. The minimum absolute atomic E-state index is 0.171. The maximum Gasteiger partial charge on any atom is 0.410 e. The molecule has 1 amide bonds. The number of nitrogens with zero attached hydrogens (tertiary/aromatic N) is 1. The lowest BCUT2D eigenvalue weighted by atomic mass is 9.75. The van der Waals surface area contributed by atoms with Gasteiger partial charge in [-0.2, -0.15) is 0 Å². The fourth-order valence-electron chi connectivity index (χ4n) is 3.39. The summed E-state index contributed by atoms with van der Waals surface area (Å²) in [5.41, 5.74) is 0.0514. The quantitative estimate of drug-likeness (QED) is 0.866. The van der Waals surface area contributed by atoms with Gasteiger partial charge in [-0.05, 0) is 45.4 Å². The first kappa shape index (κ1) is 16.6. The topological polar surface area (TPSA) is 41.6 Å². The van der Waals surface area contributed by atoms with Crippen LogP contribution in [0.3, 0.4) is 0 Å². The molecule has 122 valence electrons. The van der Waals surface area contributed by atoms with E-state index in [0.717, 1.165) is 26.1 Å². The second-order valence-electron chi connectivity index (χ2n) is 8.16. The monoisotopic (exact) mass is 296 g/mol. The van der Waals surface area contributed by atoms with E-state index in [1.165, 1.54) is 32.1 Å². The third-order valence-corrected chi connectivity index (χ3v) is 4.72. The Kier molecular flexibility index (Phi) is 5.18. The molecule has 1 saturated carbocycles. The number of ether oxygens (including phenoxy) is 1. The van der Waals surface area contributed by atoms with Gasteiger partial charge in [-0.15, -0.1) is 0 Å². The Labute approximate surface area is 129 Å². The summed E-state index contributed by atoms with van der Waals surface area (Å²) in [6, 6.07) is 0.427. The zero-order valence-corrected chi connectivity index (χ0v) is 14.2. The summed E-state index contributed by atoms with van der Waals surface area (Å²) >= 11 is 0. The van der Waals surface area contributed by atoms with E-state index in [2.05, 4.69) is 12.2 Å². The molecule has 2 fully saturated rings. The number of amides is 1. The minimum Gasteiger partial charge on any atom is -0.444 e. The number of hydrogen-bond donors (Lipinski definition) is 1. The van der Waals surface area contributed by atoms with Gasteiger partial charge < -0.3 is 15.0 Å². The summed E-state index contributed by atoms with van der Waals surface area (Å²) in [7, 11) is 0. The molecule has 0 spiro atoms. The van der Waals surface area contributed by atoms with Crippen LogP contribution in [0.2, 0.25) is 0 Å². The van der Waals surface area contributed by atoms with Crippen molar-refractivity contribution in [1.82, 2.24) is 10.2 Å². The second-order valence-corrected chi connectivity index (χ2v) is 8.16. The zero-order valence-electron chi connectivity index (χ0n) is 14.2. The standard InChI is InChI=1S/C17H32N2O2/c1-16(2,3)21-15(20)19-11-8-14(12-19)18-13-17(4)9-6-5-7-10-17/h14,18H,5-13H2,1-4H3. The van der Waals surface area contributed by atoms with E-state index in [9.17, 15) is 4.79 Å². The highest BCUT2D eigenvalue weighted by Crippen LogP contribution is 2.35. The van der Waals surface area contributed by atoms with E-state index in [1.807, 2.05) is 25.7 Å². The molecule has 1 heterocycles. The molecular formula is C17H32N2O2. The van der Waals surface area contributed by atoms with Crippen molar-refractivity contribution in [1.29, 1.82) is 0 Å². The van der Waals surface area contributed by atoms with Crippen molar-refractivity contribution in [2.75, 3.05) is 19.6 Å². The summed E-state index contributed by atoms with van der Waals surface area (Å²) < 4.78 is 5.44. The molecule has 2 aliphatic rings. The van der Waals surface area contributed by atoms with Crippen LogP contribution in [0.25, 0.3) is 0 Å². The Morgan fingerprint density at radius 2 is 1.95 bits per heavy atom. The van der Waals surface area contributed by atoms with Gasteiger partial charge in [0.2, 0.25) is 0 Å². The van der Waals surface area contributed by atoms with Crippen LogP contribution in [0.1, 0.15) is 66.2 Å². The second kappa shape index (κ2) is 6.55. The number of carbonyl (C=O) groups is 1. The van der Waals surface area contributed by atoms with Crippen molar-refractivity contribution in [3.8, 4) is 0 Å². The normalized spacial score (nSPS) is 25.9. The number of likely N-dealkylation sites (tertiary alicyclic amines) is 1. The summed E-state index contributed by atoms with van der Waals surface area (Å²) in [4.78, 5) is 13.9. The molecule has 1 aliphatic carbocycles. The molecule has 1 aliphatic heterocycles. The molecule has 0 aromatic rings. The highest BCUT2D eigenvalue weighted by atomic mass is 16.6. The van der Waals surface area contributed by atoms with Crippen molar-refractivity contribution in [2.24, 2.45) is 5.41 Å². The molecule has 2 rings (SSSR count). The first-order chi connectivity index (χ1) is 9.77. The van der Waals surface area contributed by atoms with Crippen LogP contribution < -0.4 is 5.32 Å². The fourth-order valence-corrected chi connectivity index (χ4v) is 3.39. The van der Waals surface area contributed by atoms with Gasteiger partial charge in [-0.3, -0.25) is 0 Å². The van der Waals surface area contributed by atoms with E-state index in [4.69, 9.17) is 4.74 Å². The van der Waals surface area contributed by atoms with Gasteiger partial charge in [0.15, 0.2) is 0 Å². The lowest BCUT2D eigenvalue weighted by Gasteiger charge is -2.34. The van der Waals surface area contributed by atoms with Gasteiger partial charge in [-0.25, -0.2) is 4.79 Å². The Balaban J connectivity index is 1.74. The van der Waals surface area contributed by atoms with Gasteiger partial charge in [0.05, 0.1) is 0 Å². The maximum absolute atomic E-state index is 12.1. The molecule has 1 atom stereocenters. The van der Waals surface area contributed by atoms with Crippen molar-refractivity contribution in [2.45, 2.75) is 77.9 Å². The van der Waals surface area contributed by atoms with Gasteiger partial charge in [0.25, 0.3) is 0 Å². The van der Waals surface area contributed by atoms with Crippen molar-refractivity contribution < 1.29 is 9.53 Å². The zero-order chi connectivity index (χ0) is 15.5. The number of nitrogens with one attached hydrogen (secondary N) is 1. The average molecular weight is 296 g/mol. The molecule has 1 N–H and O–H groups in total. The van der Waals surface area contributed by atoms with Crippen molar-refractivity contribution >= 4 is 6.09 Å². The molecule has 0 aromatic carbocycles. The van der Waals surface area contributed by atoms with Crippen molar-refractivity contribution in [3.63, 3.8) is 0 Å². The fraction of sp³-hybridized carbons (Fsp3) is 0.941. The number of rotatable bonds is 3. The lowest BCUT2D eigenvalue weighted by molar-refractivity contribution is 0.0290. The summed E-state index contributed by atoms with van der Waals surface area (Å²) in [6.45, 7) is 10.8.